The number of esters is 1. The van der Waals surface area contributed by atoms with Crippen LogP contribution in [-0.4, -0.2) is 48.0 Å². The molecule has 0 atom stereocenters. The summed E-state index contributed by atoms with van der Waals surface area (Å²) >= 11 is 1.35. The van der Waals surface area contributed by atoms with E-state index in [2.05, 4.69) is 10.2 Å². The first-order chi connectivity index (χ1) is 9.71. The molecule has 0 N–H and O–H groups in total. The number of aromatic nitrogens is 2. The number of thioether (sulfide) groups is 1. The largest absolute Gasteiger partial charge is 0.459 e. The van der Waals surface area contributed by atoms with Gasteiger partial charge in [-0.15, -0.1) is 5.10 Å². The van der Waals surface area contributed by atoms with Crippen molar-refractivity contribution in [1.82, 2.24) is 10.2 Å². The van der Waals surface area contributed by atoms with E-state index in [9.17, 15) is 4.79 Å². The lowest BCUT2D eigenvalue weighted by molar-refractivity contribution is -0.136. The van der Waals surface area contributed by atoms with Crippen LogP contribution in [0.4, 0.5) is 0 Å². The fourth-order valence-electron chi connectivity index (χ4n) is 1.37. The second-order valence-electron chi connectivity index (χ2n) is 3.57. The first kappa shape index (κ1) is 16.9. The molecule has 1 rings (SSSR count). The molecule has 0 saturated heterocycles. The lowest BCUT2D eigenvalue weighted by Crippen LogP contribution is -2.18. The smallest absolute Gasteiger partial charge is 0.396 e. The molecule has 0 aliphatic heterocycles. The second kappa shape index (κ2) is 9.73. The molecule has 1 aromatic heterocycles. The molecule has 0 bridgehead atoms. The molecule has 8 heteroatoms. The van der Waals surface area contributed by atoms with E-state index in [1.807, 2.05) is 13.8 Å². The molecule has 0 aliphatic rings. The number of carbonyl (C=O) groups is 1. The van der Waals surface area contributed by atoms with Gasteiger partial charge in [0, 0.05) is 25.4 Å². The van der Waals surface area contributed by atoms with Crippen molar-refractivity contribution in [3.05, 3.63) is 5.89 Å². The molecule has 0 aromatic carbocycles. The molecule has 114 valence electrons. The number of carbonyl (C=O) groups excluding carboxylic acids is 1. The third-order valence-corrected chi connectivity index (χ3v) is 2.99. The summed E-state index contributed by atoms with van der Waals surface area (Å²) in [5.41, 5.74) is 0. The zero-order valence-corrected chi connectivity index (χ0v) is 12.8. The van der Waals surface area contributed by atoms with Crippen molar-refractivity contribution in [2.75, 3.05) is 25.6 Å². The Labute approximate surface area is 122 Å². The van der Waals surface area contributed by atoms with Gasteiger partial charge < -0.3 is 18.6 Å². The fourth-order valence-corrected chi connectivity index (χ4v) is 2.09. The Kier molecular flexibility index (Phi) is 8.24. The Morgan fingerprint density at radius 2 is 1.90 bits per heavy atom. The van der Waals surface area contributed by atoms with Crippen molar-refractivity contribution in [2.24, 2.45) is 0 Å². The quantitative estimate of drug-likeness (QED) is 0.369. The van der Waals surface area contributed by atoms with Crippen LogP contribution in [0.5, 0.6) is 0 Å². The van der Waals surface area contributed by atoms with E-state index < -0.39 is 5.97 Å². The summed E-state index contributed by atoms with van der Waals surface area (Å²) in [6.07, 6.45) is 0.466. The van der Waals surface area contributed by atoms with Crippen LogP contribution in [0.2, 0.25) is 0 Å². The van der Waals surface area contributed by atoms with Crippen LogP contribution in [0.3, 0.4) is 0 Å². The maximum Gasteiger partial charge on any atom is 0.396 e. The molecule has 0 fully saturated rings. The van der Waals surface area contributed by atoms with Crippen LogP contribution >= 0.6 is 11.8 Å². The van der Waals surface area contributed by atoms with E-state index in [4.69, 9.17) is 18.6 Å². The van der Waals surface area contributed by atoms with E-state index in [0.717, 1.165) is 0 Å². The molecule has 20 heavy (non-hydrogen) atoms. The zero-order valence-electron chi connectivity index (χ0n) is 12.0. The van der Waals surface area contributed by atoms with Gasteiger partial charge in [-0.2, -0.15) is 0 Å². The maximum atomic E-state index is 11.3. The number of ether oxygens (including phenoxy) is 3. The van der Waals surface area contributed by atoms with E-state index >= 15 is 0 Å². The molecule has 0 amide bonds. The molecule has 0 spiro atoms. The third-order valence-electron chi connectivity index (χ3n) is 2.14. The lowest BCUT2D eigenvalue weighted by atomic mass is 10.5. The number of rotatable bonds is 10. The van der Waals surface area contributed by atoms with Gasteiger partial charge in [-0.05, 0) is 20.8 Å². The second-order valence-corrected chi connectivity index (χ2v) is 4.62. The van der Waals surface area contributed by atoms with Gasteiger partial charge in [-0.3, -0.25) is 0 Å². The molecular formula is C12H20N2O5S. The Hall–Kier alpha value is -1.12. The molecule has 0 radical (unpaired) electrons. The molecule has 0 aliphatic carbocycles. The first-order valence-electron chi connectivity index (χ1n) is 6.57. The van der Waals surface area contributed by atoms with Gasteiger partial charge in [0.05, 0.1) is 6.61 Å². The van der Waals surface area contributed by atoms with Crippen molar-refractivity contribution < 1.29 is 23.4 Å². The van der Waals surface area contributed by atoms with Gasteiger partial charge in [0.25, 0.3) is 5.22 Å². The standard InChI is InChI=1S/C12H20N2O5S/c1-4-16-9(17-5-2)7-8-20-12-14-13-10(19-12)11(15)18-6-3/h9H,4-8H2,1-3H3. The van der Waals surface area contributed by atoms with Crippen LogP contribution in [0.25, 0.3) is 0 Å². The fraction of sp³-hybridized carbons (Fsp3) is 0.750. The van der Waals surface area contributed by atoms with Gasteiger partial charge in [0.2, 0.25) is 0 Å². The summed E-state index contributed by atoms with van der Waals surface area (Å²) in [4.78, 5) is 11.3. The van der Waals surface area contributed by atoms with E-state index in [1.165, 1.54) is 11.8 Å². The van der Waals surface area contributed by atoms with Crippen molar-refractivity contribution in [2.45, 2.75) is 38.7 Å². The SMILES string of the molecule is CCOC(=O)c1nnc(SCCC(OCC)OCC)o1. The van der Waals surface area contributed by atoms with E-state index in [1.54, 1.807) is 6.92 Å². The van der Waals surface area contributed by atoms with Crippen LogP contribution in [0.15, 0.2) is 9.64 Å². The molecular weight excluding hydrogens is 284 g/mol. The summed E-state index contributed by atoms with van der Waals surface area (Å²) in [7, 11) is 0. The number of nitrogens with zero attached hydrogens (tertiary/aromatic N) is 2. The van der Waals surface area contributed by atoms with Crippen molar-refractivity contribution >= 4 is 17.7 Å². The Morgan fingerprint density at radius 3 is 2.50 bits per heavy atom. The monoisotopic (exact) mass is 304 g/mol. The van der Waals surface area contributed by atoms with Gasteiger partial charge in [-0.25, -0.2) is 4.79 Å². The minimum Gasteiger partial charge on any atom is -0.459 e. The normalized spacial score (nSPS) is 11.0. The highest BCUT2D eigenvalue weighted by Crippen LogP contribution is 2.19. The van der Waals surface area contributed by atoms with Gasteiger partial charge >= 0.3 is 11.9 Å². The van der Waals surface area contributed by atoms with Gasteiger partial charge in [0.1, 0.15) is 0 Å². The Balaban J connectivity index is 2.36. The third kappa shape index (κ3) is 5.89. The minimum absolute atomic E-state index is 0.125. The predicted molar refractivity (Wildman–Crippen MR) is 72.6 cm³/mol. The van der Waals surface area contributed by atoms with Gasteiger partial charge in [0.15, 0.2) is 6.29 Å². The highest BCUT2D eigenvalue weighted by Gasteiger charge is 2.16. The number of hydrogen-bond donors (Lipinski definition) is 0. The van der Waals surface area contributed by atoms with E-state index in [-0.39, 0.29) is 18.8 Å². The highest BCUT2D eigenvalue weighted by molar-refractivity contribution is 7.99. The lowest BCUT2D eigenvalue weighted by Gasteiger charge is -2.15. The molecule has 0 saturated carbocycles. The Morgan fingerprint density at radius 1 is 1.20 bits per heavy atom. The summed E-state index contributed by atoms with van der Waals surface area (Å²) in [6.45, 7) is 7.02. The van der Waals surface area contributed by atoms with Crippen LogP contribution in [-0.2, 0) is 14.2 Å². The summed E-state index contributed by atoms with van der Waals surface area (Å²) < 4.78 is 20.8. The highest BCUT2D eigenvalue weighted by atomic mass is 32.2. The van der Waals surface area contributed by atoms with Gasteiger partial charge in [-0.1, -0.05) is 16.9 Å². The average Bonchev–Trinajstić information content (AvgIpc) is 2.88. The Bertz CT molecular complexity index is 393. The average molecular weight is 304 g/mol. The summed E-state index contributed by atoms with van der Waals surface area (Å²) in [5.74, 6) is -0.0383. The first-order valence-corrected chi connectivity index (χ1v) is 7.56. The summed E-state index contributed by atoms with van der Waals surface area (Å²) in [5, 5.41) is 7.74. The van der Waals surface area contributed by atoms with Crippen molar-refractivity contribution in [3.63, 3.8) is 0 Å². The molecule has 1 aromatic rings. The van der Waals surface area contributed by atoms with Crippen LogP contribution < -0.4 is 0 Å². The van der Waals surface area contributed by atoms with Crippen molar-refractivity contribution in [3.8, 4) is 0 Å². The predicted octanol–water partition coefficient (Wildman–Crippen LogP) is 2.13. The molecule has 1 heterocycles. The van der Waals surface area contributed by atoms with Crippen LogP contribution in [0, 0.1) is 0 Å². The van der Waals surface area contributed by atoms with Crippen LogP contribution in [0.1, 0.15) is 37.9 Å². The topological polar surface area (TPSA) is 83.7 Å². The summed E-state index contributed by atoms with van der Waals surface area (Å²) in [6, 6.07) is 0. The minimum atomic E-state index is -0.603. The number of hydrogen-bond acceptors (Lipinski definition) is 8. The zero-order chi connectivity index (χ0) is 14.8. The maximum absolute atomic E-state index is 11.3. The molecule has 0 unspecified atom stereocenters. The van der Waals surface area contributed by atoms with E-state index in [0.29, 0.717) is 30.6 Å². The molecule has 7 nitrogen and oxygen atoms in total. The van der Waals surface area contributed by atoms with Crippen molar-refractivity contribution in [1.29, 1.82) is 0 Å².